The maximum Gasteiger partial charge on any atom is 0.273 e. The summed E-state index contributed by atoms with van der Waals surface area (Å²) in [7, 11) is 1.67. The third-order valence-electron chi connectivity index (χ3n) is 4.48. The van der Waals surface area contributed by atoms with Crippen molar-refractivity contribution in [3.8, 4) is 5.75 Å². The molecule has 4 nitrogen and oxygen atoms in total. The smallest absolute Gasteiger partial charge is 0.273 e. The first kappa shape index (κ1) is 17.0. The average Bonchev–Trinajstić information content (AvgIpc) is 3.10. The van der Waals surface area contributed by atoms with Gasteiger partial charge in [0.1, 0.15) is 11.4 Å². The van der Waals surface area contributed by atoms with Crippen LogP contribution in [0.4, 0.5) is 0 Å². The summed E-state index contributed by atoms with van der Waals surface area (Å²) in [6.07, 6.45) is 5.18. The molecule has 1 aliphatic heterocycles. The second-order valence-corrected chi connectivity index (χ2v) is 7.11. The van der Waals surface area contributed by atoms with Crippen molar-refractivity contribution in [3.05, 3.63) is 45.9 Å². The molecule has 1 amide bonds. The number of rotatable bonds is 5. The van der Waals surface area contributed by atoms with Crippen molar-refractivity contribution < 1.29 is 9.53 Å². The molecule has 0 unspecified atom stereocenters. The minimum Gasteiger partial charge on any atom is -0.497 e. The van der Waals surface area contributed by atoms with Gasteiger partial charge in [-0.05, 0) is 49.8 Å². The SMILES string of the molecule is CCCc1nc(C(=O)N2CCCC[C@H]2c2cccc(OC)c2)cs1. The highest BCUT2D eigenvalue weighted by atomic mass is 32.1. The number of piperidine rings is 1. The van der Waals surface area contributed by atoms with Gasteiger partial charge in [-0.2, -0.15) is 0 Å². The highest BCUT2D eigenvalue weighted by Gasteiger charge is 2.30. The highest BCUT2D eigenvalue weighted by molar-refractivity contribution is 7.09. The molecule has 1 saturated heterocycles. The Balaban J connectivity index is 1.84. The van der Waals surface area contributed by atoms with Crippen LogP contribution in [0.1, 0.15) is 59.7 Å². The predicted octanol–water partition coefficient (Wildman–Crippen LogP) is 4.47. The van der Waals surface area contributed by atoms with E-state index >= 15 is 0 Å². The van der Waals surface area contributed by atoms with Crippen LogP contribution in [0.2, 0.25) is 0 Å². The molecule has 1 fully saturated rings. The van der Waals surface area contributed by atoms with Crippen LogP contribution in [-0.2, 0) is 6.42 Å². The summed E-state index contributed by atoms with van der Waals surface area (Å²) >= 11 is 1.59. The molecular formula is C19H24N2O2S. The molecular weight excluding hydrogens is 320 g/mol. The van der Waals surface area contributed by atoms with Crippen molar-refractivity contribution in [1.82, 2.24) is 9.88 Å². The molecule has 0 bridgehead atoms. The van der Waals surface area contributed by atoms with Gasteiger partial charge in [0.15, 0.2) is 0 Å². The lowest BCUT2D eigenvalue weighted by Crippen LogP contribution is -2.38. The number of aryl methyl sites for hydroxylation is 1. The van der Waals surface area contributed by atoms with Crippen molar-refractivity contribution in [2.45, 2.75) is 45.1 Å². The van der Waals surface area contributed by atoms with Crippen LogP contribution in [0.5, 0.6) is 5.75 Å². The second kappa shape index (κ2) is 7.79. The Morgan fingerprint density at radius 1 is 1.42 bits per heavy atom. The first-order valence-corrected chi connectivity index (χ1v) is 9.50. The van der Waals surface area contributed by atoms with Crippen molar-refractivity contribution in [1.29, 1.82) is 0 Å². The van der Waals surface area contributed by atoms with E-state index in [1.54, 1.807) is 18.4 Å². The molecule has 1 aromatic carbocycles. The molecule has 1 atom stereocenters. The molecule has 128 valence electrons. The number of thiazole rings is 1. The number of benzene rings is 1. The van der Waals surface area contributed by atoms with Crippen LogP contribution < -0.4 is 4.74 Å². The Morgan fingerprint density at radius 3 is 3.08 bits per heavy atom. The first-order chi connectivity index (χ1) is 11.7. The third kappa shape index (κ3) is 3.61. The van der Waals surface area contributed by atoms with Crippen LogP contribution >= 0.6 is 11.3 Å². The Hall–Kier alpha value is -1.88. The number of methoxy groups -OCH3 is 1. The van der Waals surface area contributed by atoms with Gasteiger partial charge < -0.3 is 9.64 Å². The summed E-state index contributed by atoms with van der Waals surface area (Å²) < 4.78 is 5.34. The fourth-order valence-corrected chi connectivity index (χ4v) is 4.13. The van der Waals surface area contributed by atoms with Gasteiger partial charge in [-0.1, -0.05) is 19.1 Å². The number of nitrogens with zero attached hydrogens (tertiary/aromatic N) is 2. The summed E-state index contributed by atoms with van der Waals surface area (Å²) in [4.78, 5) is 19.5. The largest absolute Gasteiger partial charge is 0.497 e. The van der Waals surface area contributed by atoms with E-state index in [9.17, 15) is 4.79 Å². The molecule has 0 saturated carbocycles. The zero-order valence-corrected chi connectivity index (χ0v) is 15.1. The molecule has 3 rings (SSSR count). The summed E-state index contributed by atoms with van der Waals surface area (Å²) in [5, 5.41) is 2.96. The number of hydrogen-bond donors (Lipinski definition) is 0. The minimum absolute atomic E-state index is 0.0566. The second-order valence-electron chi connectivity index (χ2n) is 6.16. The van der Waals surface area contributed by atoms with Gasteiger partial charge in [-0.3, -0.25) is 4.79 Å². The third-order valence-corrected chi connectivity index (χ3v) is 5.39. The lowest BCUT2D eigenvalue weighted by molar-refractivity contribution is 0.0605. The minimum atomic E-state index is 0.0566. The molecule has 2 aromatic rings. The molecule has 0 N–H and O–H groups in total. The Morgan fingerprint density at radius 2 is 2.29 bits per heavy atom. The van der Waals surface area contributed by atoms with Crippen LogP contribution in [-0.4, -0.2) is 29.4 Å². The van der Waals surface area contributed by atoms with Crippen LogP contribution in [0, 0.1) is 0 Å². The number of amides is 1. The maximum absolute atomic E-state index is 13.0. The van der Waals surface area contributed by atoms with Crippen LogP contribution in [0.3, 0.4) is 0 Å². The van der Waals surface area contributed by atoms with E-state index in [0.29, 0.717) is 5.69 Å². The summed E-state index contributed by atoms with van der Waals surface area (Å²) in [5.41, 5.74) is 1.74. The van der Waals surface area contributed by atoms with E-state index in [0.717, 1.165) is 55.0 Å². The average molecular weight is 344 g/mol. The number of hydrogen-bond acceptors (Lipinski definition) is 4. The lowest BCUT2D eigenvalue weighted by atomic mass is 9.94. The van der Waals surface area contributed by atoms with Gasteiger partial charge in [0, 0.05) is 11.9 Å². The van der Waals surface area contributed by atoms with Crippen LogP contribution in [0.15, 0.2) is 29.6 Å². The molecule has 1 aromatic heterocycles. The van der Waals surface area contributed by atoms with Crippen molar-refractivity contribution in [2.75, 3.05) is 13.7 Å². The zero-order chi connectivity index (χ0) is 16.9. The van der Waals surface area contributed by atoms with Gasteiger partial charge in [0.25, 0.3) is 5.91 Å². The van der Waals surface area contributed by atoms with E-state index in [4.69, 9.17) is 4.74 Å². The number of likely N-dealkylation sites (tertiary alicyclic amines) is 1. The normalized spacial score (nSPS) is 17.8. The zero-order valence-electron chi connectivity index (χ0n) is 14.3. The molecule has 0 spiro atoms. The number of aromatic nitrogens is 1. The van der Waals surface area contributed by atoms with E-state index < -0.39 is 0 Å². The molecule has 2 heterocycles. The Kier molecular flexibility index (Phi) is 5.51. The molecule has 5 heteroatoms. The van der Waals surface area contributed by atoms with Gasteiger partial charge in [0.2, 0.25) is 0 Å². The summed E-state index contributed by atoms with van der Waals surface area (Å²) in [6, 6.07) is 8.17. The first-order valence-electron chi connectivity index (χ1n) is 8.62. The predicted molar refractivity (Wildman–Crippen MR) is 96.7 cm³/mol. The number of carbonyl (C=O) groups is 1. The van der Waals surface area contributed by atoms with E-state index in [1.807, 2.05) is 28.5 Å². The van der Waals surface area contributed by atoms with Gasteiger partial charge in [-0.15, -0.1) is 11.3 Å². The topological polar surface area (TPSA) is 42.4 Å². The molecule has 0 radical (unpaired) electrons. The van der Waals surface area contributed by atoms with Gasteiger partial charge >= 0.3 is 0 Å². The Bertz CT molecular complexity index is 698. The number of carbonyl (C=O) groups excluding carboxylic acids is 1. The highest BCUT2D eigenvalue weighted by Crippen LogP contribution is 2.33. The molecule has 1 aliphatic rings. The monoisotopic (exact) mass is 344 g/mol. The van der Waals surface area contributed by atoms with Crippen molar-refractivity contribution >= 4 is 17.2 Å². The van der Waals surface area contributed by atoms with E-state index in [2.05, 4.69) is 18.0 Å². The summed E-state index contributed by atoms with van der Waals surface area (Å²) in [5.74, 6) is 0.894. The van der Waals surface area contributed by atoms with Crippen LogP contribution in [0.25, 0.3) is 0 Å². The van der Waals surface area contributed by atoms with E-state index in [-0.39, 0.29) is 11.9 Å². The Labute approximate surface area is 147 Å². The van der Waals surface area contributed by atoms with Crippen molar-refractivity contribution in [3.63, 3.8) is 0 Å². The molecule has 24 heavy (non-hydrogen) atoms. The fraction of sp³-hybridized carbons (Fsp3) is 0.474. The quantitative estimate of drug-likeness (QED) is 0.803. The lowest BCUT2D eigenvalue weighted by Gasteiger charge is -2.35. The van der Waals surface area contributed by atoms with Gasteiger partial charge in [0.05, 0.1) is 18.2 Å². The van der Waals surface area contributed by atoms with Crippen molar-refractivity contribution in [2.24, 2.45) is 0 Å². The molecule has 0 aliphatic carbocycles. The fourth-order valence-electron chi connectivity index (χ4n) is 3.25. The summed E-state index contributed by atoms with van der Waals surface area (Å²) in [6.45, 7) is 2.92. The number of ether oxygens (including phenoxy) is 1. The standard InChI is InChI=1S/C19H24N2O2S/c1-3-7-18-20-16(13-24-18)19(22)21-11-5-4-10-17(21)14-8-6-9-15(12-14)23-2/h6,8-9,12-13,17H,3-5,7,10-11H2,1-2H3/t17-/m0/s1. The van der Waals surface area contributed by atoms with Gasteiger partial charge in [-0.25, -0.2) is 4.98 Å². The van der Waals surface area contributed by atoms with E-state index in [1.165, 1.54) is 0 Å². The maximum atomic E-state index is 13.0.